The maximum atomic E-state index is 13.3. The summed E-state index contributed by atoms with van der Waals surface area (Å²) < 4.78 is 45.1. The van der Waals surface area contributed by atoms with E-state index in [9.17, 15) is 18.0 Å². The molecule has 0 spiro atoms. The van der Waals surface area contributed by atoms with E-state index in [0.29, 0.717) is 0 Å². The van der Waals surface area contributed by atoms with Gasteiger partial charge in [-0.05, 0) is 18.2 Å². The zero-order valence-electron chi connectivity index (χ0n) is 12.0. The summed E-state index contributed by atoms with van der Waals surface area (Å²) in [6.45, 7) is 0. The average molecular weight is 391 g/mol. The van der Waals surface area contributed by atoms with Crippen LogP contribution in [0.1, 0.15) is 5.69 Å². The molecule has 0 amide bonds. The Morgan fingerprint density at radius 1 is 1.12 bits per heavy atom. The maximum absolute atomic E-state index is 13.3. The summed E-state index contributed by atoms with van der Waals surface area (Å²) in [5.74, 6) is -1.42. The van der Waals surface area contributed by atoms with Crippen molar-refractivity contribution in [1.29, 1.82) is 0 Å². The summed E-state index contributed by atoms with van der Waals surface area (Å²) in [4.78, 5) is 17.8. The first-order valence-corrected chi connectivity index (χ1v) is 7.35. The lowest BCUT2D eigenvalue weighted by Crippen LogP contribution is -2.20. The second-order valence-corrected chi connectivity index (χ2v) is 5.55. The number of rotatable bonds is 3. The molecule has 0 unspecified atom stereocenters. The Balaban J connectivity index is 2.12. The highest BCUT2D eigenvalue weighted by Crippen LogP contribution is 2.36. The predicted molar refractivity (Wildman–Crippen MR) is 84.0 cm³/mol. The fraction of sp³-hybridized carbons (Fsp3) is 0.0714. The van der Waals surface area contributed by atoms with E-state index in [1.807, 2.05) is 0 Å². The van der Waals surface area contributed by atoms with Crippen LogP contribution in [0.15, 0.2) is 35.3 Å². The van der Waals surface area contributed by atoms with Gasteiger partial charge in [0.25, 0.3) is 5.56 Å². The SMILES string of the molecule is O=c1[nH]c(-c2ccn[nH]2)nc(C(F)(F)F)c1Oc1ccc(Cl)c(Cl)c1. The molecule has 130 valence electrons. The Labute approximate surface area is 147 Å². The van der Waals surface area contributed by atoms with Gasteiger partial charge in [-0.15, -0.1) is 0 Å². The Morgan fingerprint density at radius 3 is 2.48 bits per heavy atom. The molecule has 0 fully saturated rings. The second-order valence-electron chi connectivity index (χ2n) is 4.74. The summed E-state index contributed by atoms with van der Waals surface area (Å²) >= 11 is 11.5. The van der Waals surface area contributed by atoms with E-state index in [-0.39, 0.29) is 27.3 Å². The Bertz CT molecular complexity index is 971. The van der Waals surface area contributed by atoms with Crippen molar-refractivity contribution in [1.82, 2.24) is 20.2 Å². The number of benzene rings is 1. The van der Waals surface area contributed by atoms with E-state index < -0.39 is 23.2 Å². The van der Waals surface area contributed by atoms with Gasteiger partial charge in [-0.3, -0.25) is 9.89 Å². The van der Waals surface area contributed by atoms with Gasteiger partial charge in [0, 0.05) is 12.3 Å². The second kappa shape index (κ2) is 6.41. The van der Waals surface area contributed by atoms with Crippen LogP contribution in [0.4, 0.5) is 13.2 Å². The van der Waals surface area contributed by atoms with E-state index in [4.69, 9.17) is 27.9 Å². The number of halogens is 5. The molecule has 0 aliphatic rings. The van der Waals surface area contributed by atoms with Gasteiger partial charge in [-0.2, -0.15) is 18.3 Å². The molecule has 1 aromatic carbocycles. The van der Waals surface area contributed by atoms with Crippen LogP contribution in [0.25, 0.3) is 11.5 Å². The minimum Gasteiger partial charge on any atom is -0.449 e. The van der Waals surface area contributed by atoms with E-state index in [1.54, 1.807) is 0 Å². The predicted octanol–water partition coefficient (Wildman–Crippen LogP) is 4.28. The lowest BCUT2D eigenvalue weighted by Gasteiger charge is -2.13. The summed E-state index contributed by atoms with van der Waals surface area (Å²) in [5, 5.41) is 6.27. The molecular weight excluding hydrogens is 384 g/mol. The smallest absolute Gasteiger partial charge is 0.437 e. The number of hydrogen-bond donors (Lipinski definition) is 2. The van der Waals surface area contributed by atoms with E-state index in [1.165, 1.54) is 30.5 Å². The maximum Gasteiger partial charge on any atom is 0.437 e. The van der Waals surface area contributed by atoms with Crippen LogP contribution >= 0.6 is 23.2 Å². The Kier molecular flexibility index (Phi) is 4.44. The summed E-state index contributed by atoms with van der Waals surface area (Å²) in [6, 6.07) is 5.15. The molecule has 3 aromatic rings. The molecule has 25 heavy (non-hydrogen) atoms. The molecule has 6 nitrogen and oxygen atoms in total. The van der Waals surface area contributed by atoms with Gasteiger partial charge in [0.05, 0.1) is 10.0 Å². The van der Waals surface area contributed by atoms with Gasteiger partial charge in [0.1, 0.15) is 11.4 Å². The molecule has 0 aliphatic heterocycles. The quantitative estimate of drug-likeness (QED) is 0.698. The normalized spacial score (nSPS) is 11.6. The summed E-state index contributed by atoms with van der Waals surface area (Å²) in [6.07, 6.45) is -3.61. The van der Waals surface area contributed by atoms with Crippen molar-refractivity contribution in [3.63, 3.8) is 0 Å². The van der Waals surface area contributed by atoms with Gasteiger partial charge in [0.15, 0.2) is 11.5 Å². The highest BCUT2D eigenvalue weighted by molar-refractivity contribution is 6.42. The Hall–Kier alpha value is -2.52. The first-order valence-electron chi connectivity index (χ1n) is 6.60. The average Bonchev–Trinajstić information content (AvgIpc) is 3.06. The molecule has 0 saturated carbocycles. The van der Waals surface area contributed by atoms with Crippen LogP contribution < -0.4 is 10.3 Å². The third-order valence-electron chi connectivity index (χ3n) is 3.01. The van der Waals surface area contributed by atoms with Crippen LogP contribution in [0.5, 0.6) is 11.5 Å². The van der Waals surface area contributed by atoms with Crippen LogP contribution in [-0.2, 0) is 6.18 Å². The lowest BCUT2D eigenvalue weighted by molar-refractivity contribution is -0.142. The fourth-order valence-corrected chi connectivity index (χ4v) is 2.21. The van der Waals surface area contributed by atoms with Gasteiger partial charge < -0.3 is 9.72 Å². The van der Waals surface area contributed by atoms with Crippen LogP contribution in [0.2, 0.25) is 10.0 Å². The molecule has 0 radical (unpaired) electrons. The van der Waals surface area contributed by atoms with Crippen molar-refractivity contribution in [2.75, 3.05) is 0 Å². The van der Waals surface area contributed by atoms with Crippen molar-refractivity contribution < 1.29 is 17.9 Å². The molecule has 2 aromatic heterocycles. The number of nitrogens with one attached hydrogen (secondary N) is 2. The van der Waals surface area contributed by atoms with Gasteiger partial charge in [-0.1, -0.05) is 23.2 Å². The number of nitrogens with zero attached hydrogens (tertiary/aromatic N) is 2. The Morgan fingerprint density at radius 2 is 1.88 bits per heavy atom. The topological polar surface area (TPSA) is 83.7 Å². The molecule has 3 rings (SSSR count). The molecule has 0 aliphatic carbocycles. The number of ether oxygens (including phenoxy) is 1. The third-order valence-corrected chi connectivity index (χ3v) is 3.75. The highest BCUT2D eigenvalue weighted by atomic mass is 35.5. The minimum absolute atomic E-state index is 0.0613. The van der Waals surface area contributed by atoms with Gasteiger partial charge >= 0.3 is 6.18 Å². The fourth-order valence-electron chi connectivity index (χ4n) is 1.92. The number of aromatic nitrogens is 4. The van der Waals surface area contributed by atoms with E-state index in [2.05, 4.69) is 20.2 Å². The van der Waals surface area contributed by atoms with Crippen molar-refractivity contribution >= 4 is 23.2 Å². The zero-order valence-corrected chi connectivity index (χ0v) is 13.5. The molecule has 11 heteroatoms. The minimum atomic E-state index is -4.92. The number of aromatic amines is 2. The standard InChI is InChI=1S/C14H7Cl2F3N4O2/c15-7-2-1-6(5-8(7)16)25-10-11(14(17,18)19)21-12(22-13(10)24)9-3-4-20-23-9/h1-5H,(H,20,23)(H,21,22,24). The number of alkyl halides is 3. The van der Waals surface area contributed by atoms with Gasteiger partial charge in [0.2, 0.25) is 5.75 Å². The monoisotopic (exact) mass is 390 g/mol. The molecule has 0 saturated heterocycles. The van der Waals surface area contributed by atoms with Crippen LogP contribution in [-0.4, -0.2) is 20.2 Å². The number of hydrogen-bond acceptors (Lipinski definition) is 4. The van der Waals surface area contributed by atoms with Crippen molar-refractivity contribution in [3.05, 3.63) is 56.6 Å². The molecule has 2 heterocycles. The van der Waals surface area contributed by atoms with E-state index in [0.717, 1.165) is 0 Å². The van der Waals surface area contributed by atoms with Crippen molar-refractivity contribution in [3.8, 4) is 23.0 Å². The largest absolute Gasteiger partial charge is 0.449 e. The highest BCUT2D eigenvalue weighted by Gasteiger charge is 2.39. The molecular formula is C14H7Cl2F3N4O2. The lowest BCUT2D eigenvalue weighted by atomic mass is 10.3. The number of H-pyrrole nitrogens is 2. The van der Waals surface area contributed by atoms with Crippen molar-refractivity contribution in [2.45, 2.75) is 6.18 Å². The van der Waals surface area contributed by atoms with Crippen molar-refractivity contribution in [2.24, 2.45) is 0 Å². The van der Waals surface area contributed by atoms with Crippen LogP contribution in [0, 0.1) is 0 Å². The molecule has 0 bridgehead atoms. The first-order chi connectivity index (χ1) is 11.8. The summed E-state index contributed by atoms with van der Waals surface area (Å²) in [5.41, 5.74) is -2.48. The molecule has 2 N–H and O–H groups in total. The van der Waals surface area contributed by atoms with E-state index >= 15 is 0 Å². The van der Waals surface area contributed by atoms with Crippen LogP contribution in [0.3, 0.4) is 0 Å². The molecule has 0 atom stereocenters. The first kappa shape index (κ1) is 17.3. The summed E-state index contributed by atoms with van der Waals surface area (Å²) in [7, 11) is 0. The zero-order chi connectivity index (χ0) is 18.2. The third kappa shape index (κ3) is 3.62. The van der Waals surface area contributed by atoms with Gasteiger partial charge in [-0.25, -0.2) is 4.98 Å².